The van der Waals surface area contributed by atoms with Crippen LogP contribution in [-0.2, 0) is 0 Å². The Labute approximate surface area is 102 Å². The summed E-state index contributed by atoms with van der Waals surface area (Å²) in [5.41, 5.74) is 11.9. The van der Waals surface area contributed by atoms with Crippen LogP contribution in [0.5, 0.6) is 0 Å². The third kappa shape index (κ3) is 2.10. The van der Waals surface area contributed by atoms with E-state index < -0.39 is 5.82 Å². The lowest BCUT2D eigenvalue weighted by Gasteiger charge is -2.07. The van der Waals surface area contributed by atoms with Crippen LogP contribution in [0.2, 0.25) is 0 Å². The van der Waals surface area contributed by atoms with Crippen LogP contribution in [0.4, 0.5) is 16.0 Å². The van der Waals surface area contributed by atoms with Gasteiger partial charge in [0.1, 0.15) is 23.2 Å². The molecular formula is C11H11FN6. The first-order chi connectivity index (χ1) is 8.49. The molecule has 0 radical (unpaired) electrons. The predicted octanol–water partition coefficient (Wildman–Crippen LogP) is 0.900. The molecule has 2 heterocycles. The van der Waals surface area contributed by atoms with E-state index in [1.807, 2.05) is 0 Å². The minimum atomic E-state index is -0.580. The maximum absolute atomic E-state index is 13.1. The molecule has 0 aliphatic heterocycles. The van der Waals surface area contributed by atoms with Gasteiger partial charge in [-0.05, 0) is 13.0 Å². The third-order valence-corrected chi connectivity index (χ3v) is 2.39. The van der Waals surface area contributed by atoms with Crippen molar-refractivity contribution in [1.82, 2.24) is 15.0 Å². The fraction of sp³-hybridized carbons (Fsp3) is 0.0909. The number of halogens is 1. The smallest absolute Gasteiger partial charge is 0.180 e. The zero-order chi connectivity index (χ0) is 13.3. The van der Waals surface area contributed by atoms with Crippen molar-refractivity contribution in [2.75, 3.05) is 11.5 Å². The average molecular weight is 246 g/mol. The lowest BCUT2D eigenvalue weighted by molar-refractivity contribution is 0.621. The Hall–Kier alpha value is -2.57. The van der Waals surface area contributed by atoms with Gasteiger partial charge in [0.05, 0.1) is 6.20 Å². The van der Waals surface area contributed by atoms with Crippen LogP contribution in [0.3, 0.4) is 0 Å². The molecule has 0 spiro atoms. The second kappa shape index (κ2) is 4.36. The summed E-state index contributed by atoms with van der Waals surface area (Å²) in [6.07, 6.45) is 2.48. The van der Waals surface area contributed by atoms with Gasteiger partial charge in [-0.3, -0.25) is 5.41 Å². The normalized spacial score (nSPS) is 10.3. The van der Waals surface area contributed by atoms with Crippen LogP contribution in [0.25, 0.3) is 0 Å². The average Bonchev–Trinajstić information content (AvgIpc) is 2.35. The fourth-order valence-corrected chi connectivity index (χ4v) is 1.35. The number of nitrogens with one attached hydrogen (secondary N) is 1. The highest BCUT2D eigenvalue weighted by molar-refractivity contribution is 6.11. The lowest BCUT2D eigenvalue weighted by atomic mass is 10.1. The standard InChI is InChI=1S/C11H11FN6/c1-5-3-17-11(18-9(5)14)8(13)7-2-6(12)4-16-10(7)15/h2-4,13H,1H3,(H2,15,16)(H2,14,17,18). The number of aromatic nitrogens is 3. The van der Waals surface area contributed by atoms with E-state index in [1.165, 1.54) is 6.20 Å². The number of nitrogen functional groups attached to an aromatic ring is 2. The van der Waals surface area contributed by atoms with Gasteiger partial charge in [-0.2, -0.15) is 0 Å². The van der Waals surface area contributed by atoms with Gasteiger partial charge < -0.3 is 11.5 Å². The summed E-state index contributed by atoms with van der Waals surface area (Å²) >= 11 is 0. The molecule has 0 atom stereocenters. The number of nitrogens with two attached hydrogens (primary N) is 2. The van der Waals surface area contributed by atoms with Crippen molar-refractivity contribution in [3.63, 3.8) is 0 Å². The summed E-state index contributed by atoms with van der Waals surface area (Å²) in [7, 11) is 0. The number of anilines is 2. The molecule has 0 unspecified atom stereocenters. The molecule has 0 saturated carbocycles. The number of pyridine rings is 1. The Morgan fingerprint density at radius 2 is 1.94 bits per heavy atom. The molecule has 5 N–H and O–H groups in total. The van der Waals surface area contributed by atoms with E-state index in [4.69, 9.17) is 16.9 Å². The summed E-state index contributed by atoms with van der Waals surface area (Å²) in [5.74, 6) is -0.182. The molecule has 0 aromatic carbocycles. The number of rotatable bonds is 2. The van der Waals surface area contributed by atoms with Crippen molar-refractivity contribution >= 4 is 17.3 Å². The van der Waals surface area contributed by atoms with E-state index in [2.05, 4.69) is 15.0 Å². The zero-order valence-electron chi connectivity index (χ0n) is 9.61. The SMILES string of the molecule is Cc1cnc(C(=N)c2cc(F)cnc2N)nc1N. The van der Waals surface area contributed by atoms with Crippen LogP contribution in [0.15, 0.2) is 18.5 Å². The summed E-state index contributed by atoms with van der Waals surface area (Å²) in [5, 5.41) is 7.91. The summed E-state index contributed by atoms with van der Waals surface area (Å²) in [4.78, 5) is 11.6. The Kier molecular flexibility index (Phi) is 2.88. The molecule has 0 amide bonds. The van der Waals surface area contributed by atoms with Crippen molar-refractivity contribution in [3.8, 4) is 0 Å². The molecule has 0 fully saturated rings. The predicted molar refractivity (Wildman–Crippen MR) is 65.7 cm³/mol. The molecule has 0 bridgehead atoms. The maximum Gasteiger partial charge on any atom is 0.180 e. The molecule has 0 aliphatic carbocycles. The summed E-state index contributed by atoms with van der Waals surface area (Å²) in [6, 6.07) is 1.12. The van der Waals surface area contributed by atoms with Gasteiger partial charge in [-0.15, -0.1) is 0 Å². The number of hydrogen-bond acceptors (Lipinski definition) is 6. The summed E-state index contributed by atoms with van der Waals surface area (Å²) in [6.45, 7) is 1.75. The topological polar surface area (TPSA) is 115 Å². The molecule has 2 aromatic heterocycles. The largest absolute Gasteiger partial charge is 0.383 e. The van der Waals surface area contributed by atoms with Crippen molar-refractivity contribution in [3.05, 3.63) is 41.2 Å². The van der Waals surface area contributed by atoms with Gasteiger partial charge in [-0.25, -0.2) is 19.3 Å². The van der Waals surface area contributed by atoms with Crippen molar-refractivity contribution in [2.24, 2.45) is 0 Å². The van der Waals surface area contributed by atoms with Gasteiger partial charge in [0.15, 0.2) is 5.82 Å². The van der Waals surface area contributed by atoms with Crippen molar-refractivity contribution in [2.45, 2.75) is 6.92 Å². The molecule has 2 rings (SSSR count). The Bertz CT molecular complexity index is 625. The molecular weight excluding hydrogens is 235 g/mol. The molecule has 6 nitrogen and oxygen atoms in total. The first-order valence-corrected chi connectivity index (χ1v) is 5.08. The Morgan fingerprint density at radius 3 is 2.61 bits per heavy atom. The van der Waals surface area contributed by atoms with E-state index in [0.29, 0.717) is 5.56 Å². The molecule has 18 heavy (non-hydrogen) atoms. The number of aryl methyl sites for hydroxylation is 1. The monoisotopic (exact) mass is 246 g/mol. The fourth-order valence-electron chi connectivity index (χ4n) is 1.35. The van der Waals surface area contributed by atoms with Crippen molar-refractivity contribution in [1.29, 1.82) is 5.41 Å². The van der Waals surface area contributed by atoms with Crippen molar-refractivity contribution < 1.29 is 4.39 Å². The molecule has 7 heteroatoms. The van der Waals surface area contributed by atoms with Crippen LogP contribution in [0, 0.1) is 18.2 Å². The molecule has 2 aromatic rings. The quantitative estimate of drug-likeness (QED) is 0.681. The summed E-state index contributed by atoms with van der Waals surface area (Å²) < 4.78 is 13.1. The van der Waals surface area contributed by atoms with Gasteiger partial charge in [0.25, 0.3) is 0 Å². The Balaban J connectivity index is 2.47. The highest BCUT2D eigenvalue weighted by Gasteiger charge is 2.14. The second-order valence-electron chi connectivity index (χ2n) is 3.72. The minimum absolute atomic E-state index is 0.0455. The highest BCUT2D eigenvalue weighted by Crippen LogP contribution is 2.15. The third-order valence-electron chi connectivity index (χ3n) is 2.39. The van der Waals surface area contributed by atoms with E-state index >= 15 is 0 Å². The molecule has 0 aliphatic rings. The molecule has 92 valence electrons. The van der Waals surface area contributed by atoms with Crippen LogP contribution in [0.1, 0.15) is 17.0 Å². The van der Waals surface area contributed by atoms with Gasteiger partial charge >= 0.3 is 0 Å². The maximum atomic E-state index is 13.1. The number of nitrogens with zero attached hydrogens (tertiary/aromatic N) is 3. The lowest BCUT2D eigenvalue weighted by Crippen LogP contribution is -2.12. The van der Waals surface area contributed by atoms with E-state index in [0.717, 1.165) is 12.3 Å². The molecule has 0 saturated heterocycles. The van der Waals surface area contributed by atoms with Gasteiger partial charge in [0.2, 0.25) is 0 Å². The van der Waals surface area contributed by atoms with Gasteiger partial charge in [0, 0.05) is 17.3 Å². The van der Waals surface area contributed by atoms with E-state index in [-0.39, 0.29) is 28.7 Å². The zero-order valence-corrected chi connectivity index (χ0v) is 9.61. The highest BCUT2D eigenvalue weighted by atomic mass is 19.1. The minimum Gasteiger partial charge on any atom is -0.383 e. The number of hydrogen-bond donors (Lipinski definition) is 3. The first kappa shape index (κ1) is 11.9. The first-order valence-electron chi connectivity index (χ1n) is 5.08. The van der Waals surface area contributed by atoms with Gasteiger partial charge in [-0.1, -0.05) is 0 Å². The second-order valence-corrected chi connectivity index (χ2v) is 3.72. The van der Waals surface area contributed by atoms with Crippen LogP contribution < -0.4 is 11.5 Å². The Morgan fingerprint density at radius 1 is 1.22 bits per heavy atom. The van der Waals surface area contributed by atoms with E-state index in [9.17, 15) is 4.39 Å². The van der Waals surface area contributed by atoms with E-state index in [1.54, 1.807) is 6.92 Å². The van der Waals surface area contributed by atoms with Crippen LogP contribution in [-0.4, -0.2) is 20.7 Å². The van der Waals surface area contributed by atoms with Crippen LogP contribution >= 0.6 is 0 Å².